The van der Waals surface area contributed by atoms with Gasteiger partial charge in [-0.05, 0) is 55.3 Å². The van der Waals surface area contributed by atoms with Crippen molar-refractivity contribution in [3.05, 3.63) is 60.7 Å². The molecule has 1 saturated heterocycles. The molecule has 2 heterocycles. The predicted molar refractivity (Wildman–Crippen MR) is 106 cm³/mol. The molecule has 0 bridgehead atoms. The van der Waals surface area contributed by atoms with Crippen molar-refractivity contribution in [2.75, 3.05) is 18.4 Å². The van der Waals surface area contributed by atoms with E-state index in [-0.39, 0.29) is 17.3 Å². The van der Waals surface area contributed by atoms with Crippen LogP contribution >= 0.6 is 0 Å². The third kappa shape index (κ3) is 4.24. The van der Waals surface area contributed by atoms with Crippen LogP contribution in [-0.2, 0) is 14.8 Å². The zero-order valence-corrected chi connectivity index (χ0v) is 16.7. The molecule has 10 heteroatoms. The molecule has 2 aromatic carbocycles. The second-order valence-corrected chi connectivity index (χ2v) is 8.91. The molecular formula is C20H19FN4O4S. The molecule has 1 aliphatic rings. The van der Waals surface area contributed by atoms with Crippen molar-refractivity contribution in [3.8, 4) is 11.5 Å². The molecule has 0 spiro atoms. The number of piperidine rings is 1. The summed E-state index contributed by atoms with van der Waals surface area (Å²) in [6, 6.07) is 11.7. The van der Waals surface area contributed by atoms with Crippen LogP contribution in [0.2, 0.25) is 0 Å². The Kier molecular flexibility index (Phi) is 5.60. The Labute approximate surface area is 172 Å². The lowest BCUT2D eigenvalue weighted by atomic mass is 9.98. The number of sulfonamides is 1. The van der Waals surface area contributed by atoms with E-state index in [0.29, 0.717) is 36.5 Å². The summed E-state index contributed by atoms with van der Waals surface area (Å²) in [4.78, 5) is 12.8. The number of halogens is 1. The summed E-state index contributed by atoms with van der Waals surface area (Å²) in [6.07, 6.45) is 2.35. The highest BCUT2D eigenvalue weighted by Gasteiger charge is 2.33. The van der Waals surface area contributed by atoms with E-state index in [1.54, 1.807) is 24.3 Å². The minimum atomic E-state index is -3.80. The van der Waals surface area contributed by atoms with Crippen molar-refractivity contribution in [2.24, 2.45) is 5.92 Å². The van der Waals surface area contributed by atoms with E-state index >= 15 is 0 Å². The average Bonchev–Trinajstić information content (AvgIpc) is 3.29. The maximum atomic E-state index is 13.1. The number of anilines is 1. The number of rotatable bonds is 5. The predicted octanol–water partition coefficient (Wildman–Crippen LogP) is 2.92. The minimum absolute atomic E-state index is 0.0113. The van der Waals surface area contributed by atoms with E-state index in [4.69, 9.17) is 4.42 Å². The first-order valence-electron chi connectivity index (χ1n) is 9.37. The first kappa shape index (κ1) is 20.2. The molecule has 3 aromatic rings. The summed E-state index contributed by atoms with van der Waals surface area (Å²) in [5, 5.41) is 10.3. The minimum Gasteiger partial charge on any atom is -0.423 e. The Balaban J connectivity index is 1.46. The van der Waals surface area contributed by atoms with Crippen LogP contribution in [0.5, 0.6) is 0 Å². The van der Waals surface area contributed by atoms with Crippen LogP contribution in [0.4, 0.5) is 10.1 Å². The Morgan fingerprint density at radius 3 is 2.73 bits per heavy atom. The van der Waals surface area contributed by atoms with Gasteiger partial charge in [0.1, 0.15) is 5.82 Å². The highest BCUT2D eigenvalue weighted by molar-refractivity contribution is 7.89. The number of nitrogens with one attached hydrogen (secondary N) is 1. The second-order valence-electron chi connectivity index (χ2n) is 6.97. The third-order valence-electron chi connectivity index (χ3n) is 4.94. The first-order chi connectivity index (χ1) is 14.4. The molecule has 30 heavy (non-hydrogen) atoms. The van der Waals surface area contributed by atoms with Crippen LogP contribution in [0.3, 0.4) is 0 Å². The third-order valence-corrected chi connectivity index (χ3v) is 6.82. The number of amides is 1. The first-order valence-corrected chi connectivity index (χ1v) is 10.8. The van der Waals surface area contributed by atoms with Crippen LogP contribution in [0.25, 0.3) is 11.5 Å². The molecule has 156 valence electrons. The molecule has 1 fully saturated rings. The number of carbonyl (C=O) groups excluding carboxylic acids is 1. The van der Waals surface area contributed by atoms with E-state index in [9.17, 15) is 17.6 Å². The fourth-order valence-electron chi connectivity index (χ4n) is 3.40. The van der Waals surface area contributed by atoms with Gasteiger partial charge in [-0.2, -0.15) is 4.31 Å². The fourth-order valence-corrected chi connectivity index (χ4v) is 4.93. The largest absolute Gasteiger partial charge is 0.423 e. The highest BCUT2D eigenvalue weighted by atomic mass is 32.2. The van der Waals surface area contributed by atoms with Gasteiger partial charge in [-0.25, -0.2) is 12.8 Å². The molecule has 1 aliphatic heterocycles. The molecular weight excluding hydrogens is 411 g/mol. The fraction of sp³-hybridized carbons (Fsp3) is 0.250. The lowest BCUT2D eigenvalue weighted by molar-refractivity contribution is -0.120. The van der Waals surface area contributed by atoms with Crippen molar-refractivity contribution in [1.29, 1.82) is 0 Å². The quantitative estimate of drug-likeness (QED) is 0.667. The monoisotopic (exact) mass is 430 g/mol. The molecule has 0 saturated carbocycles. The Morgan fingerprint density at radius 2 is 2.00 bits per heavy atom. The summed E-state index contributed by atoms with van der Waals surface area (Å²) in [5.74, 6) is -0.939. The van der Waals surface area contributed by atoms with Gasteiger partial charge in [0.05, 0.1) is 10.8 Å². The van der Waals surface area contributed by atoms with E-state index in [0.717, 1.165) is 12.1 Å². The van der Waals surface area contributed by atoms with Gasteiger partial charge in [0, 0.05) is 24.3 Å². The second kappa shape index (κ2) is 8.33. The lowest BCUT2D eigenvalue weighted by Gasteiger charge is -2.31. The van der Waals surface area contributed by atoms with Gasteiger partial charge in [0.25, 0.3) is 0 Å². The number of nitrogens with zero attached hydrogens (tertiary/aromatic N) is 3. The SMILES string of the molecule is O=C(Nc1cccc(-c2nnco2)c1)[C@H]1CCCN(S(=O)(=O)c2ccc(F)cc2)C1. The zero-order valence-electron chi connectivity index (χ0n) is 15.9. The van der Waals surface area contributed by atoms with Crippen molar-refractivity contribution in [2.45, 2.75) is 17.7 Å². The maximum absolute atomic E-state index is 13.1. The van der Waals surface area contributed by atoms with Crippen LogP contribution in [-0.4, -0.2) is 41.9 Å². The van der Waals surface area contributed by atoms with Gasteiger partial charge in [-0.15, -0.1) is 10.2 Å². The number of benzene rings is 2. The van der Waals surface area contributed by atoms with E-state index in [2.05, 4.69) is 15.5 Å². The number of carbonyl (C=O) groups is 1. The van der Waals surface area contributed by atoms with E-state index in [1.165, 1.54) is 22.8 Å². The normalized spacial score (nSPS) is 17.6. The Morgan fingerprint density at radius 1 is 1.20 bits per heavy atom. The Bertz CT molecular complexity index is 1130. The number of hydrogen-bond acceptors (Lipinski definition) is 6. The van der Waals surface area contributed by atoms with E-state index < -0.39 is 21.8 Å². The zero-order chi connectivity index (χ0) is 21.1. The smallest absolute Gasteiger partial charge is 0.247 e. The number of hydrogen-bond donors (Lipinski definition) is 1. The van der Waals surface area contributed by atoms with Crippen LogP contribution in [0.1, 0.15) is 12.8 Å². The topological polar surface area (TPSA) is 105 Å². The summed E-state index contributed by atoms with van der Waals surface area (Å²) in [7, 11) is -3.80. The number of aromatic nitrogens is 2. The van der Waals surface area contributed by atoms with Gasteiger partial charge in [0.15, 0.2) is 0 Å². The Hall–Kier alpha value is -3.11. The molecule has 4 rings (SSSR count). The van der Waals surface area contributed by atoms with Crippen LogP contribution in [0.15, 0.2) is 64.2 Å². The van der Waals surface area contributed by atoms with Gasteiger partial charge in [-0.1, -0.05) is 6.07 Å². The summed E-state index contributed by atoms with van der Waals surface area (Å²) in [6.45, 7) is 0.380. The van der Waals surface area contributed by atoms with Gasteiger partial charge in [-0.3, -0.25) is 4.79 Å². The summed E-state index contributed by atoms with van der Waals surface area (Å²) in [5.41, 5.74) is 1.21. The summed E-state index contributed by atoms with van der Waals surface area (Å²) >= 11 is 0. The molecule has 0 aliphatic carbocycles. The molecule has 0 unspecified atom stereocenters. The van der Waals surface area contributed by atoms with Crippen LogP contribution in [0, 0.1) is 11.7 Å². The molecule has 8 nitrogen and oxygen atoms in total. The average molecular weight is 430 g/mol. The van der Waals surface area contributed by atoms with Crippen molar-refractivity contribution in [1.82, 2.24) is 14.5 Å². The molecule has 1 N–H and O–H groups in total. The van der Waals surface area contributed by atoms with Gasteiger partial charge < -0.3 is 9.73 Å². The van der Waals surface area contributed by atoms with Crippen LogP contribution < -0.4 is 5.32 Å². The van der Waals surface area contributed by atoms with Gasteiger partial charge >= 0.3 is 0 Å². The molecule has 1 aromatic heterocycles. The molecule has 1 amide bonds. The standard InChI is InChI=1S/C20H19FN4O4S/c21-16-6-8-18(9-7-16)30(27,28)25-10-2-4-15(12-25)19(26)23-17-5-1-3-14(11-17)20-24-22-13-29-20/h1,3,5-9,11,13,15H,2,4,10,12H2,(H,23,26)/t15-/m0/s1. The maximum Gasteiger partial charge on any atom is 0.247 e. The van der Waals surface area contributed by atoms with E-state index in [1.807, 2.05) is 0 Å². The lowest BCUT2D eigenvalue weighted by Crippen LogP contribution is -2.43. The molecule has 0 radical (unpaired) electrons. The molecule has 1 atom stereocenters. The van der Waals surface area contributed by atoms with Crippen molar-refractivity contribution in [3.63, 3.8) is 0 Å². The highest BCUT2D eigenvalue weighted by Crippen LogP contribution is 2.26. The van der Waals surface area contributed by atoms with Crippen molar-refractivity contribution >= 4 is 21.6 Å². The van der Waals surface area contributed by atoms with Gasteiger partial charge in [0.2, 0.25) is 28.2 Å². The summed E-state index contributed by atoms with van der Waals surface area (Å²) < 4.78 is 45.3. The van der Waals surface area contributed by atoms with Crippen molar-refractivity contribution < 1.29 is 22.0 Å².